The van der Waals surface area contributed by atoms with Gasteiger partial charge >= 0.3 is 0 Å². The Morgan fingerprint density at radius 3 is 2.84 bits per heavy atom. The van der Waals surface area contributed by atoms with Gasteiger partial charge < -0.3 is 4.57 Å². The first-order valence-corrected chi connectivity index (χ1v) is 9.59. The van der Waals surface area contributed by atoms with Gasteiger partial charge in [0.2, 0.25) is 5.13 Å². The zero-order chi connectivity index (χ0) is 17.4. The van der Waals surface area contributed by atoms with Crippen molar-refractivity contribution in [3.05, 3.63) is 55.2 Å². The summed E-state index contributed by atoms with van der Waals surface area (Å²) in [4.78, 5) is 8.18. The van der Waals surface area contributed by atoms with Gasteiger partial charge in [0.25, 0.3) is 10.0 Å². The Labute approximate surface area is 148 Å². The SMILES string of the molecule is Cn1cc(-c2cccnc2)c2ccc(S(=O)(=O)Nc3ncns3)cc21. The molecule has 4 aromatic rings. The number of anilines is 1. The average Bonchev–Trinajstić information content (AvgIpc) is 3.23. The molecule has 0 saturated carbocycles. The smallest absolute Gasteiger partial charge is 0.263 e. The molecule has 1 aromatic carbocycles. The van der Waals surface area contributed by atoms with Gasteiger partial charge in [0.05, 0.1) is 4.90 Å². The molecule has 1 N–H and O–H groups in total. The number of rotatable bonds is 4. The van der Waals surface area contributed by atoms with Crippen molar-refractivity contribution in [3.8, 4) is 11.1 Å². The summed E-state index contributed by atoms with van der Waals surface area (Å²) in [7, 11) is -1.83. The minimum absolute atomic E-state index is 0.175. The van der Waals surface area contributed by atoms with Crippen molar-refractivity contribution in [3.63, 3.8) is 0 Å². The Kier molecular flexibility index (Phi) is 3.74. The Morgan fingerprint density at radius 1 is 1.24 bits per heavy atom. The number of nitrogens with one attached hydrogen (secondary N) is 1. The number of fused-ring (bicyclic) bond motifs is 1. The summed E-state index contributed by atoms with van der Waals surface area (Å²) in [5.74, 6) is 0. The predicted octanol–water partition coefficient (Wildman–Crippen LogP) is 2.89. The molecule has 3 aromatic heterocycles. The van der Waals surface area contributed by atoms with Crippen LogP contribution in [0.3, 0.4) is 0 Å². The van der Waals surface area contributed by atoms with Gasteiger partial charge in [-0.1, -0.05) is 12.1 Å². The van der Waals surface area contributed by atoms with Crippen LogP contribution in [0, 0.1) is 0 Å². The topological polar surface area (TPSA) is 89.8 Å². The Bertz CT molecular complexity index is 1140. The average molecular weight is 371 g/mol. The molecule has 7 nitrogen and oxygen atoms in total. The highest BCUT2D eigenvalue weighted by atomic mass is 32.2. The van der Waals surface area contributed by atoms with Gasteiger partial charge in [-0.15, -0.1) is 0 Å². The summed E-state index contributed by atoms with van der Waals surface area (Å²) >= 11 is 0.989. The van der Waals surface area contributed by atoms with Crippen molar-refractivity contribution in [2.75, 3.05) is 4.72 Å². The lowest BCUT2D eigenvalue weighted by molar-refractivity contribution is 0.601. The van der Waals surface area contributed by atoms with Gasteiger partial charge in [0, 0.05) is 59.2 Å². The molecule has 0 radical (unpaired) electrons. The van der Waals surface area contributed by atoms with Crippen LogP contribution in [0.4, 0.5) is 5.13 Å². The van der Waals surface area contributed by atoms with Crippen LogP contribution in [0.2, 0.25) is 0 Å². The van der Waals surface area contributed by atoms with E-state index in [1.165, 1.54) is 6.33 Å². The van der Waals surface area contributed by atoms with Gasteiger partial charge in [-0.2, -0.15) is 4.37 Å². The van der Waals surface area contributed by atoms with Gasteiger partial charge in [-0.3, -0.25) is 9.71 Å². The number of nitrogens with zero attached hydrogens (tertiary/aromatic N) is 4. The maximum Gasteiger partial charge on any atom is 0.263 e. The van der Waals surface area contributed by atoms with E-state index in [-0.39, 0.29) is 10.0 Å². The number of aromatic nitrogens is 4. The van der Waals surface area contributed by atoms with Crippen LogP contribution in [-0.4, -0.2) is 27.3 Å². The molecule has 0 atom stereocenters. The fourth-order valence-electron chi connectivity index (χ4n) is 2.67. The number of hydrogen-bond donors (Lipinski definition) is 1. The molecule has 25 heavy (non-hydrogen) atoms. The highest BCUT2D eigenvalue weighted by Crippen LogP contribution is 2.31. The summed E-state index contributed by atoms with van der Waals surface area (Å²) < 4.78 is 33.2. The Balaban J connectivity index is 1.80. The maximum absolute atomic E-state index is 12.5. The van der Waals surface area contributed by atoms with E-state index in [2.05, 4.69) is 19.1 Å². The van der Waals surface area contributed by atoms with Crippen LogP contribution in [0.5, 0.6) is 0 Å². The quantitative estimate of drug-likeness (QED) is 0.596. The van der Waals surface area contributed by atoms with E-state index in [1.54, 1.807) is 24.5 Å². The molecule has 9 heteroatoms. The third-order valence-electron chi connectivity index (χ3n) is 3.83. The lowest BCUT2D eigenvalue weighted by atomic mass is 10.1. The maximum atomic E-state index is 12.5. The molecule has 126 valence electrons. The molecule has 0 spiro atoms. The Morgan fingerprint density at radius 2 is 2.12 bits per heavy atom. The van der Waals surface area contributed by atoms with Crippen molar-refractivity contribution in [1.29, 1.82) is 0 Å². The van der Waals surface area contributed by atoms with Gasteiger partial charge in [0.15, 0.2) is 0 Å². The van der Waals surface area contributed by atoms with E-state index in [0.29, 0.717) is 0 Å². The van der Waals surface area contributed by atoms with E-state index >= 15 is 0 Å². The summed E-state index contributed by atoms with van der Waals surface area (Å²) in [6, 6.07) is 8.90. The molecule has 3 heterocycles. The second-order valence-electron chi connectivity index (χ2n) is 5.43. The van der Waals surface area contributed by atoms with Crippen LogP contribution in [0.25, 0.3) is 22.0 Å². The fourth-order valence-corrected chi connectivity index (χ4v) is 4.36. The first kappa shape index (κ1) is 15.7. The number of hydrogen-bond acceptors (Lipinski definition) is 6. The van der Waals surface area contributed by atoms with E-state index in [9.17, 15) is 8.42 Å². The van der Waals surface area contributed by atoms with Crippen LogP contribution >= 0.6 is 11.5 Å². The summed E-state index contributed by atoms with van der Waals surface area (Å²) in [5, 5.41) is 1.20. The standard InChI is InChI=1S/C16H13N5O2S2/c1-21-9-14(11-3-2-6-17-8-11)13-5-4-12(7-15(13)21)25(22,23)20-16-18-10-19-24-16/h2-10H,1H3,(H,18,19,20). The highest BCUT2D eigenvalue weighted by Gasteiger charge is 2.18. The fraction of sp³-hybridized carbons (Fsp3) is 0.0625. The normalized spacial score (nSPS) is 11.7. The zero-order valence-electron chi connectivity index (χ0n) is 13.1. The van der Waals surface area contributed by atoms with Gasteiger partial charge in [0.1, 0.15) is 6.33 Å². The summed E-state index contributed by atoms with van der Waals surface area (Å²) in [6.07, 6.45) is 6.79. The van der Waals surface area contributed by atoms with Crippen molar-refractivity contribution >= 4 is 37.6 Å². The largest absolute Gasteiger partial charge is 0.350 e. The van der Waals surface area contributed by atoms with E-state index < -0.39 is 10.0 Å². The Hall–Kier alpha value is -2.78. The van der Waals surface area contributed by atoms with E-state index in [0.717, 1.165) is 33.6 Å². The minimum Gasteiger partial charge on any atom is -0.350 e. The summed E-state index contributed by atoms with van der Waals surface area (Å²) in [5.41, 5.74) is 2.81. The van der Waals surface area contributed by atoms with Crippen molar-refractivity contribution in [2.45, 2.75) is 4.90 Å². The minimum atomic E-state index is -3.71. The first-order valence-electron chi connectivity index (χ1n) is 7.33. The molecule has 0 aliphatic carbocycles. The molecule has 0 aliphatic heterocycles. The van der Waals surface area contributed by atoms with Crippen LogP contribution in [0.15, 0.2) is 60.1 Å². The first-order chi connectivity index (χ1) is 12.0. The number of pyridine rings is 1. The molecule has 0 aliphatic rings. The number of benzene rings is 1. The predicted molar refractivity (Wildman–Crippen MR) is 96.9 cm³/mol. The van der Waals surface area contributed by atoms with Crippen molar-refractivity contribution in [1.82, 2.24) is 18.9 Å². The molecule has 0 unspecified atom stereocenters. The van der Waals surface area contributed by atoms with Gasteiger partial charge in [-0.25, -0.2) is 13.4 Å². The second kappa shape index (κ2) is 5.94. The third kappa shape index (κ3) is 2.87. The second-order valence-corrected chi connectivity index (χ2v) is 7.89. The molecule has 0 amide bonds. The summed E-state index contributed by atoms with van der Waals surface area (Å²) in [6.45, 7) is 0. The monoisotopic (exact) mass is 371 g/mol. The molecular weight excluding hydrogens is 358 g/mol. The third-order valence-corrected chi connectivity index (χ3v) is 5.87. The van der Waals surface area contributed by atoms with Crippen molar-refractivity contribution in [2.24, 2.45) is 7.05 Å². The van der Waals surface area contributed by atoms with Crippen LogP contribution in [-0.2, 0) is 17.1 Å². The van der Waals surface area contributed by atoms with Gasteiger partial charge in [-0.05, 0) is 18.2 Å². The highest BCUT2D eigenvalue weighted by molar-refractivity contribution is 7.93. The molecular formula is C16H13N5O2S2. The lowest BCUT2D eigenvalue weighted by Gasteiger charge is -2.06. The molecule has 0 fully saturated rings. The molecule has 4 rings (SSSR count). The number of sulfonamides is 1. The van der Waals surface area contributed by atoms with Crippen LogP contribution < -0.4 is 4.72 Å². The lowest BCUT2D eigenvalue weighted by Crippen LogP contribution is -2.12. The molecule has 0 bridgehead atoms. The molecule has 0 saturated heterocycles. The van der Waals surface area contributed by atoms with E-state index in [4.69, 9.17) is 0 Å². The van der Waals surface area contributed by atoms with Crippen molar-refractivity contribution < 1.29 is 8.42 Å². The van der Waals surface area contributed by atoms with Crippen LogP contribution in [0.1, 0.15) is 0 Å². The zero-order valence-corrected chi connectivity index (χ0v) is 14.8. The van der Waals surface area contributed by atoms with E-state index in [1.807, 2.05) is 36.0 Å². The number of aryl methyl sites for hydroxylation is 1.